The zero-order valence-corrected chi connectivity index (χ0v) is 14.8. The quantitative estimate of drug-likeness (QED) is 0.618. The molecule has 2 rings (SSSR count). The van der Waals surface area contributed by atoms with Crippen molar-refractivity contribution < 1.29 is 9.47 Å². The minimum atomic E-state index is -0.106. The van der Waals surface area contributed by atoms with Crippen LogP contribution in [0.25, 0.3) is 0 Å². The van der Waals surface area contributed by atoms with Crippen molar-refractivity contribution in [3.8, 4) is 0 Å². The zero-order valence-electron chi connectivity index (χ0n) is 14.1. The molecule has 0 aromatic heterocycles. The third-order valence-electron chi connectivity index (χ3n) is 4.11. The molecule has 1 aromatic carbocycles. The van der Waals surface area contributed by atoms with E-state index in [1.165, 1.54) is 0 Å². The summed E-state index contributed by atoms with van der Waals surface area (Å²) < 4.78 is 11.3. The molecule has 0 spiro atoms. The van der Waals surface area contributed by atoms with Crippen LogP contribution in [0.1, 0.15) is 31.4 Å². The lowest BCUT2D eigenvalue weighted by Gasteiger charge is -2.25. The number of methoxy groups -OCH3 is 1. The standard InChI is InChI=1S/C17H26ClN3O2/c1-17(8-5-9-23-17)12-21-16(19-2)20-11-15(22-3)13-6-4-7-14(18)10-13/h4,6-7,10,15H,5,8-9,11-12H2,1-3H3,(H2,19,20,21). The first kappa shape index (κ1) is 18.0. The van der Waals surface area contributed by atoms with Gasteiger partial charge in [-0.1, -0.05) is 23.7 Å². The normalized spacial score (nSPS) is 22.9. The van der Waals surface area contributed by atoms with Crippen molar-refractivity contribution in [2.45, 2.75) is 31.5 Å². The molecular weight excluding hydrogens is 314 g/mol. The van der Waals surface area contributed by atoms with Gasteiger partial charge in [0, 0.05) is 38.9 Å². The van der Waals surface area contributed by atoms with E-state index in [0.717, 1.165) is 37.5 Å². The Morgan fingerprint density at radius 2 is 2.30 bits per heavy atom. The summed E-state index contributed by atoms with van der Waals surface area (Å²) in [5.74, 6) is 0.741. The van der Waals surface area contributed by atoms with Crippen LogP contribution in [0.4, 0.5) is 0 Å². The van der Waals surface area contributed by atoms with Gasteiger partial charge in [-0.25, -0.2) is 0 Å². The Morgan fingerprint density at radius 1 is 1.48 bits per heavy atom. The molecule has 1 aliphatic rings. The van der Waals surface area contributed by atoms with Crippen LogP contribution in [-0.2, 0) is 9.47 Å². The van der Waals surface area contributed by atoms with Gasteiger partial charge in [-0.2, -0.15) is 0 Å². The van der Waals surface area contributed by atoms with Crippen LogP contribution in [0.3, 0.4) is 0 Å². The molecule has 1 aliphatic heterocycles. The van der Waals surface area contributed by atoms with Gasteiger partial charge in [-0.05, 0) is 37.5 Å². The molecule has 6 heteroatoms. The molecule has 128 valence electrons. The van der Waals surface area contributed by atoms with Gasteiger partial charge in [0.05, 0.1) is 11.7 Å². The number of nitrogens with one attached hydrogen (secondary N) is 2. The summed E-state index contributed by atoms with van der Waals surface area (Å²) in [5, 5.41) is 7.33. The average molecular weight is 340 g/mol. The number of ether oxygens (including phenoxy) is 2. The summed E-state index contributed by atoms with van der Waals surface area (Å²) in [6.45, 7) is 4.31. The number of rotatable bonds is 6. The molecule has 0 radical (unpaired) electrons. The van der Waals surface area contributed by atoms with Gasteiger partial charge in [0.1, 0.15) is 0 Å². The maximum Gasteiger partial charge on any atom is 0.191 e. The van der Waals surface area contributed by atoms with E-state index in [1.54, 1.807) is 14.2 Å². The summed E-state index contributed by atoms with van der Waals surface area (Å²) in [7, 11) is 3.45. The van der Waals surface area contributed by atoms with E-state index in [-0.39, 0.29) is 11.7 Å². The maximum atomic E-state index is 6.05. The monoisotopic (exact) mass is 339 g/mol. The van der Waals surface area contributed by atoms with E-state index in [4.69, 9.17) is 21.1 Å². The van der Waals surface area contributed by atoms with Gasteiger partial charge in [0.2, 0.25) is 0 Å². The molecule has 2 unspecified atom stereocenters. The average Bonchev–Trinajstić information content (AvgIpc) is 2.98. The largest absolute Gasteiger partial charge is 0.375 e. The third kappa shape index (κ3) is 5.37. The summed E-state index contributed by atoms with van der Waals surface area (Å²) in [6.07, 6.45) is 2.09. The highest BCUT2D eigenvalue weighted by Crippen LogP contribution is 2.24. The summed E-state index contributed by atoms with van der Waals surface area (Å²) >= 11 is 6.05. The van der Waals surface area contributed by atoms with Crippen molar-refractivity contribution in [2.75, 3.05) is 33.9 Å². The van der Waals surface area contributed by atoms with Crippen LogP contribution in [0.15, 0.2) is 29.3 Å². The van der Waals surface area contributed by atoms with Crippen molar-refractivity contribution >= 4 is 17.6 Å². The first-order valence-electron chi connectivity index (χ1n) is 7.93. The minimum Gasteiger partial charge on any atom is -0.375 e. The zero-order chi connectivity index (χ0) is 16.7. The van der Waals surface area contributed by atoms with Gasteiger partial charge < -0.3 is 20.1 Å². The molecule has 1 saturated heterocycles. The second kappa shape index (κ2) is 8.52. The van der Waals surface area contributed by atoms with Gasteiger partial charge in [-0.15, -0.1) is 0 Å². The van der Waals surface area contributed by atoms with E-state index in [2.05, 4.69) is 22.5 Å². The Labute approximate surface area is 143 Å². The predicted octanol–water partition coefficient (Wildman–Crippen LogP) is 2.76. The van der Waals surface area contributed by atoms with Gasteiger partial charge in [-0.3, -0.25) is 4.99 Å². The third-order valence-corrected chi connectivity index (χ3v) is 4.35. The summed E-state index contributed by atoms with van der Waals surface area (Å²) in [6, 6.07) is 7.70. The number of aliphatic imine (C=N–C) groups is 1. The highest BCUT2D eigenvalue weighted by Gasteiger charge is 2.29. The number of nitrogens with zero attached hydrogens (tertiary/aromatic N) is 1. The molecule has 2 N–H and O–H groups in total. The molecule has 0 aliphatic carbocycles. The Morgan fingerprint density at radius 3 is 2.91 bits per heavy atom. The molecule has 0 amide bonds. The van der Waals surface area contributed by atoms with Crippen LogP contribution in [0.2, 0.25) is 5.02 Å². The molecule has 0 saturated carbocycles. The van der Waals surface area contributed by atoms with E-state index in [0.29, 0.717) is 11.6 Å². The van der Waals surface area contributed by atoms with Crippen LogP contribution in [0, 0.1) is 0 Å². The van der Waals surface area contributed by atoms with Crippen molar-refractivity contribution in [3.63, 3.8) is 0 Å². The molecule has 0 bridgehead atoms. The SMILES string of the molecule is CN=C(NCC(OC)c1cccc(Cl)c1)NCC1(C)CCCO1. The van der Waals surface area contributed by atoms with Crippen LogP contribution in [-0.4, -0.2) is 45.4 Å². The highest BCUT2D eigenvalue weighted by molar-refractivity contribution is 6.30. The Balaban J connectivity index is 1.86. The maximum absolute atomic E-state index is 6.05. The molecule has 1 heterocycles. The minimum absolute atomic E-state index is 0.0921. The second-order valence-corrected chi connectivity index (χ2v) is 6.42. The lowest BCUT2D eigenvalue weighted by atomic mass is 10.0. The first-order valence-corrected chi connectivity index (χ1v) is 8.31. The fourth-order valence-corrected chi connectivity index (χ4v) is 2.90. The van der Waals surface area contributed by atoms with Crippen LogP contribution >= 0.6 is 11.6 Å². The Bertz CT molecular complexity index is 530. The molecule has 1 aromatic rings. The number of guanidine groups is 1. The number of benzene rings is 1. The fourth-order valence-electron chi connectivity index (χ4n) is 2.70. The van der Waals surface area contributed by atoms with Crippen LogP contribution < -0.4 is 10.6 Å². The number of halogens is 1. The van der Waals surface area contributed by atoms with E-state index in [1.807, 2.05) is 24.3 Å². The van der Waals surface area contributed by atoms with Crippen molar-refractivity contribution in [3.05, 3.63) is 34.9 Å². The molecule has 2 atom stereocenters. The highest BCUT2D eigenvalue weighted by atomic mass is 35.5. The van der Waals surface area contributed by atoms with Crippen molar-refractivity contribution in [1.29, 1.82) is 0 Å². The topological polar surface area (TPSA) is 54.9 Å². The van der Waals surface area contributed by atoms with Crippen molar-refractivity contribution in [2.24, 2.45) is 4.99 Å². The van der Waals surface area contributed by atoms with Gasteiger partial charge in [0.25, 0.3) is 0 Å². The van der Waals surface area contributed by atoms with E-state index >= 15 is 0 Å². The smallest absolute Gasteiger partial charge is 0.191 e. The Kier molecular flexibility index (Phi) is 6.69. The molecule has 23 heavy (non-hydrogen) atoms. The van der Waals surface area contributed by atoms with Gasteiger partial charge in [0.15, 0.2) is 5.96 Å². The Hall–Kier alpha value is -1.30. The molecule has 1 fully saturated rings. The number of hydrogen-bond donors (Lipinski definition) is 2. The lowest BCUT2D eigenvalue weighted by Crippen LogP contribution is -2.46. The fraction of sp³-hybridized carbons (Fsp3) is 0.588. The van der Waals surface area contributed by atoms with E-state index in [9.17, 15) is 0 Å². The predicted molar refractivity (Wildman–Crippen MR) is 94.2 cm³/mol. The summed E-state index contributed by atoms with van der Waals surface area (Å²) in [5.41, 5.74) is 0.930. The van der Waals surface area contributed by atoms with Crippen molar-refractivity contribution in [1.82, 2.24) is 10.6 Å². The van der Waals surface area contributed by atoms with Gasteiger partial charge >= 0.3 is 0 Å². The second-order valence-electron chi connectivity index (χ2n) is 5.99. The molecular formula is C17H26ClN3O2. The summed E-state index contributed by atoms with van der Waals surface area (Å²) in [4.78, 5) is 4.25. The van der Waals surface area contributed by atoms with Crippen LogP contribution in [0.5, 0.6) is 0 Å². The first-order chi connectivity index (χ1) is 11.1. The molecule has 5 nitrogen and oxygen atoms in total. The van der Waals surface area contributed by atoms with E-state index < -0.39 is 0 Å². The number of hydrogen-bond acceptors (Lipinski definition) is 3. The lowest BCUT2D eigenvalue weighted by molar-refractivity contribution is 0.0242.